The maximum Gasteiger partial charge on any atom is -0.00175 e. The van der Waals surface area contributed by atoms with Gasteiger partial charge < -0.3 is 5.32 Å². The Morgan fingerprint density at radius 1 is 1.12 bits per heavy atom. The summed E-state index contributed by atoms with van der Waals surface area (Å²) in [6.45, 7) is 13.3. The van der Waals surface area contributed by atoms with Crippen LogP contribution >= 0.6 is 0 Å². The van der Waals surface area contributed by atoms with E-state index in [9.17, 15) is 0 Å². The highest BCUT2D eigenvalue weighted by molar-refractivity contribution is 5.31. The van der Waals surface area contributed by atoms with Crippen LogP contribution in [0.4, 0.5) is 0 Å². The molecule has 0 aromatic heterocycles. The summed E-state index contributed by atoms with van der Waals surface area (Å²) in [4.78, 5) is 0. The van der Waals surface area contributed by atoms with Gasteiger partial charge in [-0.3, -0.25) is 0 Å². The van der Waals surface area contributed by atoms with Crippen molar-refractivity contribution in [3.8, 4) is 0 Å². The Hall–Kier alpha value is -0.820. The van der Waals surface area contributed by atoms with Gasteiger partial charge >= 0.3 is 0 Å². The molecule has 2 atom stereocenters. The molecule has 1 aromatic carbocycles. The van der Waals surface area contributed by atoms with Gasteiger partial charge in [-0.05, 0) is 55.5 Å². The van der Waals surface area contributed by atoms with E-state index < -0.39 is 0 Å². The topological polar surface area (TPSA) is 12.0 Å². The molecular weight excluding hydrogens is 194 g/mol. The SMILES string of the molecule is CCNCC(C)C(C)c1ccc(C)c(C)c1. The van der Waals surface area contributed by atoms with E-state index in [0.717, 1.165) is 13.1 Å². The maximum absolute atomic E-state index is 3.42. The lowest BCUT2D eigenvalue weighted by molar-refractivity contribution is 0.454. The molecule has 0 amide bonds. The van der Waals surface area contributed by atoms with Crippen molar-refractivity contribution in [3.63, 3.8) is 0 Å². The molecule has 90 valence electrons. The fourth-order valence-corrected chi connectivity index (χ4v) is 1.93. The Morgan fingerprint density at radius 3 is 2.38 bits per heavy atom. The molecule has 0 aliphatic carbocycles. The number of hydrogen-bond acceptors (Lipinski definition) is 1. The molecule has 0 bridgehead atoms. The van der Waals surface area contributed by atoms with Crippen LogP contribution in [0.5, 0.6) is 0 Å². The van der Waals surface area contributed by atoms with Crippen LogP contribution < -0.4 is 5.32 Å². The fraction of sp³-hybridized carbons (Fsp3) is 0.600. The van der Waals surface area contributed by atoms with Crippen molar-refractivity contribution in [1.29, 1.82) is 0 Å². The summed E-state index contributed by atoms with van der Waals surface area (Å²) < 4.78 is 0. The second-order valence-corrected chi connectivity index (χ2v) is 4.92. The Balaban J connectivity index is 2.71. The number of rotatable bonds is 5. The van der Waals surface area contributed by atoms with Crippen molar-refractivity contribution in [1.82, 2.24) is 5.32 Å². The van der Waals surface area contributed by atoms with Gasteiger partial charge in [-0.1, -0.05) is 39.0 Å². The first-order valence-corrected chi connectivity index (χ1v) is 6.34. The highest BCUT2D eigenvalue weighted by atomic mass is 14.8. The average Bonchev–Trinajstić information content (AvgIpc) is 2.28. The van der Waals surface area contributed by atoms with E-state index in [2.05, 4.69) is 58.1 Å². The first-order valence-electron chi connectivity index (χ1n) is 6.34. The molecule has 1 heteroatoms. The van der Waals surface area contributed by atoms with Crippen LogP contribution in [0.1, 0.15) is 43.4 Å². The summed E-state index contributed by atoms with van der Waals surface area (Å²) in [7, 11) is 0. The molecule has 16 heavy (non-hydrogen) atoms. The normalized spacial score (nSPS) is 14.8. The lowest BCUT2D eigenvalue weighted by atomic mass is 9.87. The van der Waals surface area contributed by atoms with E-state index in [-0.39, 0.29) is 0 Å². The summed E-state index contributed by atoms with van der Waals surface area (Å²) in [6.07, 6.45) is 0. The third kappa shape index (κ3) is 3.34. The van der Waals surface area contributed by atoms with Crippen LogP contribution in [0.2, 0.25) is 0 Å². The molecule has 0 heterocycles. The zero-order valence-corrected chi connectivity index (χ0v) is 11.3. The predicted octanol–water partition coefficient (Wildman–Crippen LogP) is 3.65. The summed E-state index contributed by atoms with van der Waals surface area (Å²) in [5, 5.41) is 3.42. The third-order valence-corrected chi connectivity index (χ3v) is 3.63. The van der Waals surface area contributed by atoms with Crippen LogP contribution in [0, 0.1) is 19.8 Å². The van der Waals surface area contributed by atoms with Gasteiger partial charge in [-0.15, -0.1) is 0 Å². The third-order valence-electron chi connectivity index (χ3n) is 3.63. The maximum atomic E-state index is 3.42. The van der Waals surface area contributed by atoms with Crippen molar-refractivity contribution in [2.75, 3.05) is 13.1 Å². The highest BCUT2D eigenvalue weighted by Gasteiger charge is 2.14. The van der Waals surface area contributed by atoms with Gasteiger partial charge in [0.1, 0.15) is 0 Å². The number of nitrogens with one attached hydrogen (secondary N) is 1. The minimum atomic E-state index is 0.623. The standard InChI is InChI=1S/C15H25N/c1-6-16-10-13(4)14(5)15-8-7-11(2)12(3)9-15/h7-9,13-14,16H,6,10H2,1-5H3. The summed E-state index contributed by atoms with van der Waals surface area (Å²) >= 11 is 0. The fourth-order valence-electron chi connectivity index (χ4n) is 1.93. The Labute approximate surface area is 100 Å². The molecule has 0 saturated carbocycles. The van der Waals surface area contributed by atoms with Gasteiger partial charge in [0, 0.05) is 0 Å². The summed E-state index contributed by atoms with van der Waals surface area (Å²) in [5.74, 6) is 1.31. The van der Waals surface area contributed by atoms with Crippen molar-refractivity contribution in [2.24, 2.45) is 5.92 Å². The van der Waals surface area contributed by atoms with Gasteiger partial charge in [-0.25, -0.2) is 0 Å². The van der Waals surface area contributed by atoms with E-state index in [0.29, 0.717) is 11.8 Å². The molecule has 0 radical (unpaired) electrons. The minimum Gasteiger partial charge on any atom is -0.317 e. The number of hydrogen-bond donors (Lipinski definition) is 1. The Morgan fingerprint density at radius 2 is 1.81 bits per heavy atom. The van der Waals surface area contributed by atoms with E-state index in [1.807, 2.05) is 0 Å². The van der Waals surface area contributed by atoms with Crippen LogP contribution in [0.3, 0.4) is 0 Å². The van der Waals surface area contributed by atoms with E-state index in [1.165, 1.54) is 16.7 Å². The van der Waals surface area contributed by atoms with Crippen molar-refractivity contribution < 1.29 is 0 Å². The largest absolute Gasteiger partial charge is 0.317 e. The molecule has 1 nitrogen and oxygen atoms in total. The molecule has 1 rings (SSSR count). The van der Waals surface area contributed by atoms with Crippen molar-refractivity contribution in [2.45, 2.75) is 40.5 Å². The average molecular weight is 219 g/mol. The van der Waals surface area contributed by atoms with Gasteiger partial charge in [0.05, 0.1) is 0 Å². The number of benzene rings is 1. The van der Waals surface area contributed by atoms with E-state index in [4.69, 9.17) is 0 Å². The molecule has 1 N–H and O–H groups in total. The second kappa shape index (κ2) is 6.05. The van der Waals surface area contributed by atoms with Crippen LogP contribution in [-0.2, 0) is 0 Å². The predicted molar refractivity (Wildman–Crippen MR) is 72.0 cm³/mol. The monoisotopic (exact) mass is 219 g/mol. The van der Waals surface area contributed by atoms with Crippen LogP contribution in [0.15, 0.2) is 18.2 Å². The molecule has 0 aliphatic rings. The van der Waals surface area contributed by atoms with Crippen LogP contribution in [-0.4, -0.2) is 13.1 Å². The zero-order chi connectivity index (χ0) is 12.1. The molecule has 0 fully saturated rings. The summed E-state index contributed by atoms with van der Waals surface area (Å²) in [5.41, 5.74) is 4.25. The molecule has 0 aliphatic heterocycles. The van der Waals surface area contributed by atoms with Gasteiger partial charge in [0.25, 0.3) is 0 Å². The molecule has 0 saturated heterocycles. The summed E-state index contributed by atoms with van der Waals surface area (Å²) in [6, 6.07) is 6.85. The first-order chi connectivity index (χ1) is 7.56. The number of aryl methyl sites for hydroxylation is 2. The second-order valence-electron chi connectivity index (χ2n) is 4.92. The first kappa shape index (κ1) is 13.2. The van der Waals surface area contributed by atoms with Crippen molar-refractivity contribution >= 4 is 0 Å². The lowest BCUT2D eigenvalue weighted by Crippen LogP contribution is -2.24. The highest BCUT2D eigenvalue weighted by Crippen LogP contribution is 2.25. The van der Waals surface area contributed by atoms with Crippen molar-refractivity contribution in [3.05, 3.63) is 34.9 Å². The van der Waals surface area contributed by atoms with Gasteiger partial charge in [0.15, 0.2) is 0 Å². The van der Waals surface area contributed by atoms with Crippen LogP contribution in [0.25, 0.3) is 0 Å². The van der Waals surface area contributed by atoms with E-state index >= 15 is 0 Å². The molecule has 0 spiro atoms. The minimum absolute atomic E-state index is 0.623. The van der Waals surface area contributed by atoms with Gasteiger partial charge in [-0.2, -0.15) is 0 Å². The van der Waals surface area contributed by atoms with E-state index in [1.54, 1.807) is 0 Å². The lowest BCUT2D eigenvalue weighted by Gasteiger charge is -2.21. The quantitative estimate of drug-likeness (QED) is 0.797. The molecule has 1 aromatic rings. The Kier molecular flexibility index (Phi) is 5.01. The Bertz CT molecular complexity index is 330. The zero-order valence-electron chi connectivity index (χ0n) is 11.3. The molecular formula is C15H25N. The molecule has 2 unspecified atom stereocenters. The smallest absolute Gasteiger partial charge is 0.00175 e. The van der Waals surface area contributed by atoms with Gasteiger partial charge in [0.2, 0.25) is 0 Å².